The Labute approximate surface area is 73.0 Å². The van der Waals surface area contributed by atoms with Gasteiger partial charge in [0.25, 0.3) is 0 Å². The van der Waals surface area contributed by atoms with Gasteiger partial charge in [0.1, 0.15) is 6.33 Å². The molecule has 12 heavy (non-hydrogen) atoms. The van der Waals surface area contributed by atoms with Gasteiger partial charge < -0.3 is 5.73 Å². The Bertz CT molecular complexity index is 247. The van der Waals surface area contributed by atoms with Crippen molar-refractivity contribution in [1.82, 2.24) is 9.97 Å². The second-order valence-corrected chi connectivity index (χ2v) is 2.95. The van der Waals surface area contributed by atoms with Crippen LogP contribution < -0.4 is 5.73 Å². The molecule has 1 heterocycles. The van der Waals surface area contributed by atoms with E-state index in [1.54, 1.807) is 6.33 Å². The van der Waals surface area contributed by atoms with E-state index in [0.29, 0.717) is 12.5 Å². The van der Waals surface area contributed by atoms with E-state index in [2.05, 4.69) is 23.8 Å². The number of rotatable bonds is 3. The van der Waals surface area contributed by atoms with Crippen molar-refractivity contribution in [3.05, 3.63) is 23.8 Å². The van der Waals surface area contributed by atoms with Gasteiger partial charge >= 0.3 is 0 Å². The molecule has 0 saturated carbocycles. The van der Waals surface area contributed by atoms with Crippen LogP contribution in [0.15, 0.2) is 12.4 Å². The number of hydrogen-bond donors (Lipinski definition) is 1. The molecule has 1 aromatic rings. The van der Waals surface area contributed by atoms with Crippen LogP contribution in [-0.4, -0.2) is 9.97 Å². The smallest absolute Gasteiger partial charge is 0.115 e. The zero-order valence-corrected chi connectivity index (χ0v) is 7.62. The SMILES string of the molecule is CC[C@@H](C)c1cc(CN)ncn1. The van der Waals surface area contributed by atoms with Gasteiger partial charge in [-0.2, -0.15) is 0 Å². The molecule has 1 atom stereocenters. The molecule has 0 aliphatic heterocycles. The van der Waals surface area contributed by atoms with Gasteiger partial charge in [0, 0.05) is 12.2 Å². The second kappa shape index (κ2) is 4.16. The van der Waals surface area contributed by atoms with E-state index in [-0.39, 0.29) is 0 Å². The van der Waals surface area contributed by atoms with Gasteiger partial charge in [-0.3, -0.25) is 0 Å². The van der Waals surface area contributed by atoms with Crippen LogP contribution in [-0.2, 0) is 6.54 Å². The highest BCUT2D eigenvalue weighted by Gasteiger charge is 2.04. The van der Waals surface area contributed by atoms with Crippen LogP contribution in [0.4, 0.5) is 0 Å². The summed E-state index contributed by atoms with van der Waals surface area (Å²) >= 11 is 0. The Morgan fingerprint density at radius 1 is 1.50 bits per heavy atom. The summed E-state index contributed by atoms with van der Waals surface area (Å²) in [6.07, 6.45) is 2.69. The van der Waals surface area contributed by atoms with Gasteiger partial charge in [-0.15, -0.1) is 0 Å². The molecule has 0 aliphatic rings. The quantitative estimate of drug-likeness (QED) is 0.737. The first-order valence-electron chi connectivity index (χ1n) is 4.28. The van der Waals surface area contributed by atoms with Crippen molar-refractivity contribution in [3.63, 3.8) is 0 Å². The molecule has 0 aliphatic carbocycles. The van der Waals surface area contributed by atoms with E-state index in [1.165, 1.54) is 0 Å². The van der Waals surface area contributed by atoms with Gasteiger partial charge in [0.2, 0.25) is 0 Å². The summed E-state index contributed by atoms with van der Waals surface area (Å²) in [7, 11) is 0. The largest absolute Gasteiger partial charge is 0.325 e. The predicted octanol–water partition coefficient (Wildman–Crippen LogP) is 1.45. The van der Waals surface area contributed by atoms with E-state index in [4.69, 9.17) is 5.73 Å². The normalized spacial score (nSPS) is 12.9. The third kappa shape index (κ3) is 2.01. The van der Waals surface area contributed by atoms with E-state index in [9.17, 15) is 0 Å². The molecule has 0 amide bonds. The number of aromatic nitrogens is 2. The van der Waals surface area contributed by atoms with Crippen molar-refractivity contribution < 1.29 is 0 Å². The Balaban J connectivity index is 2.86. The van der Waals surface area contributed by atoms with Gasteiger partial charge in [-0.05, 0) is 18.4 Å². The molecular formula is C9H15N3. The molecule has 0 bridgehead atoms. The Hall–Kier alpha value is -0.960. The van der Waals surface area contributed by atoms with Crippen molar-refractivity contribution in [3.8, 4) is 0 Å². The Morgan fingerprint density at radius 3 is 2.83 bits per heavy atom. The van der Waals surface area contributed by atoms with Gasteiger partial charge in [-0.1, -0.05) is 13.8 Å². The lowest BCUT2D eigenvalue weighted by atomic mass is 10.0. The summed E-state index contributed by atoms with van der Waals surface area (Å²) < 4.78 is 0. The summed E-state index contributed by atoms with van der Waals surface area (Å²) in [5, 5.41) is 0. The van der Waals surface area contributed by atoms with E-state index >= 15 is 0 Å². The second-order valence-electron chi connectivity index (χ2n) is 2.95. The Kier molecular flexibility index (Phi) is 3.17. The lowest BCUT2D eigenvalue weighted by Crippen LogP contribution is -2.03. The highest BCUT2D eigenvalue weighted by molar-refractivity contribution is 5.11. The fourth-order valence-corrected chi connectivity index (χ4v) is 1.01. The zero-order chi connectivity index (χ0) is 8.97. The summed E-state index contributed by atoms with van der Waals surface area (Å²) in [4.78, 5) is 8.23. The summed E-state index contributed by atoms with van der Waals surface area (Å²) in [6.45, 7) is 4.80. The minimum atomic E-state index is 0.492. The van der Waals surface area contributed by atoms with Crippen LogP contribution in [0.1, 0.15) is 37.6 Å². The van der Waals surface area contributed by atoms with Crippen molar-refractivity contribution in [1.29, 1.82) is 0 Å². The van der Waals surface area contributed by atoms with Crippen molar-refractivity contribution in [2.24, 2.45) is 5.73 Å². The maximum Gasteiger partial charge on any atom is 0.115 e. The minimum Gasteiger partial charge on any atom is -0.325 e. The zero-order valence-electron chi connectivity index (χ0n) is 7.62. The molecule has 0 radical (unpaired) electrons. The summed E-state index contributed by atoms with van der Waals surface area (Å²) in [5.41, 5.74) is 7.48. The lowest BCUT2D eigenvalue weighted by molar-refractivity contribution is 0.699. The molecule has 0 fully saturated rings. The number of nitrogens with two attached hydrogens (primary N) is 1. The summed E-state index contributed by atoms with van der Waals surface area (Å²) in [5.74, 6) is 0.498. The van der Waals surface area contributed by atoms with Crippen LogP contribution in [0.2, 0.25) is 0 Å². The van der Waals surface area contributed by atoms with Crippen molar-refractivity contribution in [2.45, 2.75) is 32.7 Å². The molecule has 1 rings (SSSR count). The van der Waals surface area contributed by atoms with E-state index < -0.39 is 0 Å². The standard InChI is InChI=1S/C9H15N3/c1-3-7(2)9-4-8(5-10)11-6-12-9/h4,6-7H,3,5,10H2,1-2H3/t7-/m1/s1. The van der Waals surface area contributed by atoms with Crippen molar-refractivity contribution >= 4 is 0 Å². The fraction of sp³-hybridized carbons (Fsp3) is 0.556. The highest BCUT2D eigenvalue weighted by atomic mass is 14.8. The topological polar surface area (TPSA) is 51.8 Å². The molecule has 3 nitrogen and oxygen atoms in total. The monoisotopic (exact) mass is 165 g/mol. The Morgan fingerprint density at radius 2 is 2.25 bits per heavy atom. The van der Waals surface area contributed by atoms with Gasteiger partial charge in [0.05, 0.1) is 5.69 Å². The molecule has 0 spiro atoms. The van der Waals surface area contributed by atoms with E-state index in [1.807, 2.05) is 6.07 Å². The van der Waals surface area contributed by atoms with Crippen LogP contribution in [0, 0.1) is 0 Å². The highest BCUT2D eigenvalue weighted by Crippen LogP contribution is 2.15. The lowest BCUT2D eigenvalue weighted by Gasteiger charge is -2.07. The third-order valence-corrected chi connectivity index (χ3v) is 2.07. The molecule has 66 valence electrons. The molecule has 1 aromatic heterocycles. The summed E-state index contributed by atoms with van der Waals surface area (Å²) in [6, 6.07) is 1.98. The third-order valence-electron chi connectivity index (χ3n) is 2.07. The first-order valence-corrected chi connectivity index (χ1v) is 4.28. The maximum atomic E-state index is 5.47. The molecule has 0 saturated heterocycles. The number of nitrogens with zero attached hydrogens (tertiary/aromatic N) is 2. The van der Waals surface area contributed by atoms with Crippen molar-refractivity contribution in [2.75, 3.05) is 0 Å². The van der Waals surface area contributed by atoms with Gasteiger partial charge in [-0.25, -0.2) is 9.97 Å². The minimum absolute atomic E-state index is 0.492. The maximum absolute atomic E-state index is 5.47. The predicted molar refractivity (Wildman–Crippen MR) is 48.6 cm³/mol. The average molecular weight is 165 g/mol. The first kappa shape index (κ1) is 9.13. The van der Waals surface area contributed by atoms with Crippen LogP contribution >= 0.6 is 0 Å². The molecular weight excluding hydrogens is 150 g/mol. The van der Waals surface area contributed by atoms with Crippen LogP contribution in [0.25, 0.3) is 0 Å². The number of hydrogen-bond acceptors (Lipinski definition) is 3. The molecule has 2 N–H and O–H groups in total. The molecule has 3 heteroatoms. The van der Waals surface area contributed by atoms with E-state index in [0.717, 1.165) is 17.8 Å². The average Bonchev–Trinajstić information content (AvgIpc) is 2.17. The first-order chi connectivity index (χ1) is 5.77. The van der Waals surface area contributed by atoms with Crippen LogP contribution in [0.5, 0.6) is 0 Å². The molecule has 0 aromatic carbocycles. The fourth-order valence-electron chi connectivity index (χ4n) is 1.01. The van der Waals surface area contributed by atoms with Gasteiger partial charge in [0.15, 0.2) is 0 Å². The van der Waals surface area contributed by atoms with Crippen LogP contribution in [0.3, 0.4) is 0 Å². The molecule has 0 unspecified atom stereocenters.